The number of carbonyl (C=O) groups excluding carboxylic acids is 1. The van der Waals surface area contributed by atoms with Gasteiger partial charge in [-0.2, -0.15) is 0 Å². The van der Waals surface area contributed by atoms with Gasteiger partial charge in [-0.3, -0.25) is 4.79 Å². The minimum atomic E-state index is -1.01. The summed E-state index contributed by atoms with van der Waals surface area (Å²) in [5.74, 6) is -0.803. The molecule has 1 saturated heterocycles. The SMILES string of the molecule is Cc1cc(C(=O)O)c(C=C2C(=O)Nc3cccc(C4CCNCC4)c32)[nH]1. The molecule has 2 aliphatic heterocycles. The highest BCUT2D eigenvalue weighted by Crippen LogP contribution is 2.41. The van der Waals surface area contributed by atoms with Gasteiger partial charge in [0.2, 0.25) is 0 Å². The van der Waals surface area contributed by atoms with E-state index in [-0.39, 0.29) is 11.5 Å². The molecule has 0 unspecified atom stereocenters. The van der Waals surface area contributed by atoms with Gasteiger partial charge < -0.3 is 20.7 Å². The van der Waals surface area contributed by atoms with Crippen LogP contribution in [-0.2, 0) is 4.79 Å². The third kappa shape index (κ3) is 2.82. The summed E-state index contributed by atoms with van der Waals surface area (Å²) in [6.07, 6.45) is 3.72. The molecule has 0 saturated carbocycles. The van der Waals surface area contributed by atoms with Gasteiger partial charge in [0.1, 0.15) is 0 Å². The van der Waals surface area contributed by atoms with Crippen molar-refractivity contribution >= 4 is 29.2 Å². The number of nitrogens with one attached hydrogen (secondary N) is 3. The third-order valence-corrected chi connectivity index (χ3v) is 5.14. The van der Waals surface area contributed by atoms with Gasteiger partial charge in [0.05, 0.1) is 16.8 Å². The van der Waals surface area contributed by atoms with Gasteiger partial charge in [-0.05, 0) is 62.5 Å². The molecule has 26 heavy (non-hydrogen) atoms. The van der Waals surface area contributed by atoms with Crippen molar-refractivity contribution in [2.75, 3.05) is 18.4 Å². The Hall–Kier alpha value is -2.86. The van der Waals surface area contributed by atoms with Crippen molar-refractivity contribution in [2.45, 2.75) is 25.7 Å². The number of aromatic amines is 1. The second-order valence-electron chi connectivity index (χ2n) is 6.89. The van der Waals surface area contributed by atoms with E-state index in [9.17, 15) is 14.7 Å². The highest BCUT2D eigenvalue weighted by molar-refractivity contribution is 6.35. The summed E-state index contributed by atoms with van der Waals surface area (Å²) in [5.41, 5.74) is 4.78. The van der Waals surface area contributed by atoms with Gasteiger partial charge in [0, 0.05) is 16.9 Å². The van der Waals surface area contributed by atoms with E-state index in [2.05, 4.69) is 21.7 Å². The standard InChI is InChI=1S/C20H21N3O3/c1-11-9-14(20(25)26)17(22-11)10-15-18-13(12-5-7-21-8-6-12)3-2-4-16(18)23-19(15)24/h2-4,9-10,12,21-22H,5-8H2,1H3,(H,23,24)(H,25,26). The van der Waals surface area contributed by atoms with Crippen molar-refractivity contribution in [1.29, 1.82) is 0 Å². The van der Waals surface area contributed by atoms with Crippen molar-refractivity contribution in [2.24, 2.45) is 0 Å². The number of aryl methyl sites for hydroxylation is 1. The molecule has 0 aliphatic carbocycles. The van der Waals surface area contributed by atoms with Crippen molar-refractivity contribution in [3.05, 3.63) is 52.3 Å². The minimum absolute atomic E-state index is 0.176. The second-order valence-corrected chi connectivity index (χ2v) is 6.89. The van der Waals surface area contributed by atoms with Crippen molar-refractivity contribution in [3.63, 3.8) is 0 Å². The fourth-order valence-corrected chi connectivity index (χ4v) is 3.93. The molecule has 0 atom stereocenters. The van der Waals surface area contributed by atoms with Crippen molar-refractivity contribution in [3.8, 4) is 0 Å². The van der Waals surface area contributed by atoms with Gasteiger partial charge >= 0.3 is 5.97 Å². The number of H-pyrrole nitrogens is 1. The maximum absolute atomic E-state index is 12.6. The Balaban J connectivity index is 1.83. The number of rotatable bonds is 3. The normalized spacial score (nSPS) is 18.8. The Morgan fingerprint density at radius 1 is 1.27 bits per heavy atom. The lowest BCUT2D eigenvalue weighted by Crippen LogP contribution is -2.27. The zero-order chi connectivity index (χ0) is 18.3. The van der Waals surface area contributed by atoms with Crippen LogP contribution in [0.5, 0.6) is 0 Å². The Labute approximate surface area is 151 Å². The van der Waals surface area contributed by atoms with E-state index in [1.807, 2.05) is 12.1 Å². The number of aromatic nitrogens is 1. The first-order valence-electron chi connectivity index (χ1n) is 8.84. The number of aromatic carboxylic acids is 1. The summed E-state index contributed by atoms with van der Waals surface area (Å²) in [6.45, 7) is 3.74. The van der Waals surface area contributed by atoms with E-state index in [0.29, 0.717) is 17.2 Å². The summed E-state index contributed by atoms with van der Waals surface area (Å²) >= 11 is 0. The van der Waals surface area contributed by atoms with Crippen LogP contribution >= 0.6 is 0 Å². The minimum Gasteiger partial charge on any atom is -0.478 e. The average Bonchev–Trinajstić information content (AvgIpc) is 3.16. The number of hydrogen-bond acceptors (Lipinski definition) is 3. The van der Waals surface area contributed by atoms with Crippen LogP contribution in [0.3, 0.4) is 0 Å². The number of fused-ring (bicyclic) bond motifs is 1. The second kappa shape index (κ2) is 6.46. The molecular formula is C20H21N3O3. The first kappa shape index (κ1) is 16.6. The number of carboxylic acids is 1. The van der Waals surface area contributed by atoms with Crippen LogP contribution in [-0.4, -0.2) is 35.1 Å². The molecule has 4 rings (SSSR count). The number of anilines is 1. The molecule has 0 spiro atoms. The predicted octanol–water partition coefficient (Wildman–Crippen LogP) is 2.98. The van der Waals surface area contributed by atoms with E-state index in [4.69, 9.17) is 0 Å². The number of carboxylic acid groups (broad SMARTS) is 1. The quantitative estimate of drug-likeness (QED) is 0.640. The van der Waals surface area contributed by atoms with Gasteiger partial charge in [-0.25, -0.2) is 4.79 Å². The molecule has 0 radical (unpaired) electrons. The van der Waals surface area contributed by atoms with Gasteiger partial charge in [0.25, 0.3) is 5.91 Å². The summed E-state index contributed by atoms with van der Waals surface area (Å²) in [6, 6.07) is 7.54. The molecule has 2 aromatic rings. The van der Waals surface area contributed by atoms with Crippen LogP contribution in [0.4, 0.5) is 5.69 Å². The smallest absolute Gasteiger partial charge is 0.337 e. The Bertz CT molecular complexity index is 920. The third-order valence-electron chi connectivity index (χ3n) is 5.14. The number of hydrogen-bond donors (Lipinski definition) is 4. The Morgan fingerprint density at radius 2 is 2.04 bits per heavy atom. The van der Waals surface area contributed by atoms with Crippen LogP contribution in [0.1, 0.15) is 51.6 Å². The van der Waals surface area contributed by atoms with E-state index < -0.39 is 5.97 Å². The zero-order valence-electron chi connectivity index (χ0n) is 14.6. The maximum atomic E-state index is 12.6. The highest BCUT2D eigenvalue weighted by atomic mass is 16.4. The molecular weight excluding hydrogens is 330 g/mol. The summed E-state index contributed by atoms with van der Waals surface area (Å²) < 4.78 is 0. The maximum Gasteiger partial charge on any atom is 0.337 e. The van der Waals surface area contributed by atoms with Crippen LogP contribution in [0.2, 0.25) is 0 Å². The molecule has 1 amide bonds. The lowest BCUT2D eigenvalue weighted by molar-refractivity contribution is -0.110. The number of amides is 1. The molecule has 1 aromatic carbocycles. The summed E-state index contributed by atoms with van der Waals surface area (Å²) in [5, 5.41) is 15.7. The molecule has 4 N–H and O–H groups in total. The number of carbonyl (C=O) groups is 2. The van der Waals surface area contributed by atoms with Gasteiger partial charge in [-0.15, -0.1) is 0 Å². The Kier molecular flexibility index (Phi) is 4.12. The van der Waals surface area contributed by atoms with E-state index in [1.54, 1.807) is 19.1 Å². The molecule has 1 fully saturated rings. The highest BCUT2D eigenvalue weighted by Gasteiger charge is 2.30. The molecule has 0 bridgehead atoms. The van der Waals surface area contributed by atoms with E-state index >= 15 is 0 Å². The van der Waals surface area contributed by atoms with Crippen LogP contribution in [0, 0.1) is 6.92 Å². The number of benzene rings is 1. The van der Waals surface area contributed by atoms with Crippen molar-refractivity contribution < 1.29 is 14.7 Å². The lowest BCUT2D eigenvalue weighted by atomic mass is 9.85. The Morgan fingerprint density at radius 3 is 2.77 bits per heavy atom. The molecule has 2 aliphatic rings. The van der Waals surface area contributed by atoms with Crippen LogP contribution in [0.25, 0.3) is 11.6 Å². The largest absolute Gasteiger partial charge is 0.478 e. The van der Waals surface area contributed by atoms with Crippen LogP contribution < -0.4 is 10.6 Å². The summed E-state index contributed by atoms with van der Waals surface area (Å²) in [4.78, 5) is 27.2. The van der Waals surface area contributed by atoms with Gasteiger partial charge in [0.15, 0.2) is 0 Å². The summed E-state index contributed by atoms with van der Waals surface area (Å²) in [7, 11) is 0. The van der Waals surface area contributed by atoms with E-state index in [1.165, 1.54) is 0 Å². The van der Waals surface area contributed by atoms with E-state index in [0.717, 1.165) is 48.4 Å². The van der Waals surface area contributed by atoms with Crippen molar-refractivity contribution in [1.82, 2.24) is 10.3 Å². The fraction of sp³-hybridized carbons (Fsp3) is 0.300. The zero-order valence-corrected chi connectivity index (χ0v) is 14.6. The monoisotopic (exact) mass is 351 g/mol. The average molecular weight is 351 g/mol. The predicted molar refractivity (Wildman–Crippen MR) is 100 cm³/mol. The molecule has 134 valence electrons. The molecule has 6 heteroatoms. The van der Waals surface area contributed by atoms with Crippen LogP contribution in [0.15, 0.2) is 24.3 Å². The first-order valence-corrected chi connectivity index (χ1v) is 8.84. The first-order chi connectivity index (χ1) is 12.5. The number of piperidine rings is 1. The van der Waals surface area contributed by atoms with Gasteiger partial charge in [-0.1, -0.05) is 12.1 Å². The molecule has 6 nitrogen and oxygen atoms in total. The lowest BCUT2D eigenvalue weighted by Gasteiger charge is -2.25. The topological polar surface area (TPSA) is 94.2 Å². The molecule has 3 heterocycles. The molecule has 1 aromatic heterocycles. The fourth-order valence-electron chi connectivity index (χ4n) is 3.93.